The fourth-order valence-electron chi connectivity index (χ4n) is 2.82. The first-order valence-corrected chi connectivity index (χ1v) is 11.6. The number of anilines is 2. The van der Waals surface area contributed by atoms with Crippen molar-refractivity contribution in [1.29, 1.82) is 0 Å². The van der Waals surface area contributed by atoms with Crippen LogP contribution in [-0.2, 0) is 36.1 Å². The third kappa shape index (κ3) is 5.07. The molecule has 1 aliphatic heterocycles. The minimum absolute atomic E-state index is 0.0689. The number of amides is 2. The first-order valence-electron chi connectivity index (χ1n) is 9.31. The van der Waals surface area contributed by atoms with E-state index in [0.29, 0.717) is 0 Å². The molecule has 2 aromatic rings. The predicted octanol–water partition coefficient (Wildman–Crippen LogP) is -1.71. The van der Waals surface area contributed by atoms with Gasteiger partial charge in [-0.15, -0.1) is 11.3 Å². The quantitative estimate of drug-likeness (QED) is 0.108. The molecule has 3 heterocycles. The van der Waals surface area contributed by atoms with Gasteiger partial charge in [0.05, 0.1) is 24.5 Å². The lowest BCUT2D eigenvalue weighted by atomic mass is 9.98. The van der Waals surface area contributed by atoms with Crippen molar-refractivity contribution in [2.24, 2.45) is 5.16 Å². The molecule has 16 nitrogen and oxygen atoms in total. The van der Waals surface area contributed by atoms with Crippen LogP contribution in [-0.4, -0.2) is 78.3 Å². The minimum Gasteiger partial charge on any atom is -0.478 e. The number of β-lactam (4-membered cyclic amide) rings is 1. The molecular formula is C16H20N8O8S2. The number of hydrogen-bond donors (Lipinski definition) is 5. The van der Waals surface area contributed by atoms with Crippen molar-refractivity contribution in [2.75, 3.05) is 11.5 Å². The number of nitrogen functional groups attached to an aromatic ring is 2. The molecule has 0 saturated carbocycles. The van der Waals surface area contributed by atoms with Crippen molar-refractivity contribution >= 4 is 56.0 Å². The van der Waals surface area contributed by atoms with Crippen LogP contribution in [0.5, 0.6) is 0 Å². The molecule has 1 aliphatic rings. The Bertz CT molecular complexity index is 1270. The molecule has 1 fully saturated rings. The van der Waals surface area contributed by atoms with Crippen LogP contribution in [0, 0.1) is 0 Å². The molecule has 0 aromatic carbocycles. The highest BCUT2D eigenvalue weighted by Gasteiger charge is 2.54. The third-order valence-electron chi connectivity index (χ3n) is 4.59. The number of carboxylic acids is 1. The number of carboxylic acid groups (broad SMARTS) is 1. The monoisotopic (exact) mass is 516 g/mol. The van der Waals surface area contributed by atoms with Crippen LogP contribution in [0.25, 0.3) is 0 Å². The smallest absolute Gasteiger partial charge is 0.362 e. The number of carbonyl (C=O) groups excluding carboxylic acids is 2. The van der Waals surface area contributed by atoms with Gasteiger partial charge in [0.15, 0.2) is 10.8 Å². The summed E-state index contributed by atoms with van der Waals surface area (Å²) in [5, 5.41) is 20.4. The molecule has 0 bridgehead atoms. The highest BCUT2D eigenvalue weighted by Crippen LogP contribution is 2.26. The van der Waals surface area contributed by atoms with Crippen molar-refractivity contribution in [1.82, 2.24) is 24.4 Å². The second kappa shape index (κ2) is 8.88. The average molecular weight is 517 g/mol. The van der Waals surface area contributed by atoms with E-state index in [1.54, 1.807) is 0 Å². The van der Waals surface area contributed by atoms with Crippen molar-refractivity contribution in [3.8, 4) is 0 Å². The first-order chi connectivity index (χ1) is 15.7. The van der Waals surface area contributed by atoms with Gasteiger partial charge in [0.2, 0.25) is 5.60 Å². The molecule has 0 aliphatic carbocycles. The maximum absolute atomic E-state index is 13.0. The molecule has 2 amide bonds. The fraction of sp³-hybridized carbons (Fsp3) is 0.375. The molecule has 0 unspecified atom stereocenters. The molecule has 3 rings (SSSR count). The van der Waals surface area contributed by atoms with Crippen LogP contribution in [0.4, 0.5) is 10.8 Å². The lowest BCUT2D eigenvalue weighted by Gasteiger charge is -2.44. The van der Waals surface area contributed by atoms with Gasteiger partial charge in [0, 0.05) is 11.6 Å². The van der Waals surface area contributed by atoms with Crippen molar-refractivity contribution in [3.63, 3.8) is 0 Å². The topological polar surface area (TPSA) is 245 Å². The predicted molar refractivity (Wildman–Crippen MR) is 117 cm³/mol. The summed E-state index contributed by atoms with van der Waals surface area (Å²) in [5.74, 6) is -3.53. The van der Waals surface area contributed by atoms with Gasteiger partial charge in [0.25, 0.3) is 11.8 Å². The van der Waals surface area contributed by atoms with Gasteiger partial charge in [-0.05, 0) is 13.8 Å². The summed E-state index contributed by atoms with van der Waals surface area (Å²) in [5.41, 5.74) is 9.04. The number of rotatable bonds is 9. The molecule has 18 heteroatoms. The summed E-state index contributed by atoms with van der Waals surface area (Å²) >= 11 is 0.960. The van der Waals surface area contributed by atoms with Crippen LogP contribution in [0.2, 0.25) is 0 Å². The van der Waals surface area contributed by atoms with Crippen LogP contribution in [0.1, 0.15) is 19.5 Å². The second-order valence-corrected chi connectivity index (χ2v) is 9.72. The van der Waals surface area contributed by atoms with Crippen molar-refractivity contribution in [2.45, 2.75) is 38.1 Å². The Labute approximate surface area is 196 Å². The van der Waals surface area contributed by atoms with Gasteiger partial charge in [0.1, 0.15) is 11.7 Å². The summed E-state index contributed by atoms with van der Waals surface area (Å²) < 4.78 is 34.2. The van der Waals surface area contributed by atoms with Crippen LogP contribution in [0.15, 0.2) is 22.9 Å². The summed E-state index contributed by atoms with van der Waals surface area (Å²) in [6, 6.07) is -2.68. The van der Waals surface area contributed by atoms with E-state index in [0.717, 1.165) is 11.3 Å². The van der Waals surface area contributed by atoms with Crippen LogP contribution in [0.3, 0.4) is 0 Å². The number of aromatic nitrogens is 3. The Morgan fingerprint density at radius 2 is 2.06 bits per heavy atom. The number of oxime groups is 1. The summed E-state index contributed by atoms with van der Waals surface area (Å²) in [6.07, 6.45) is 2.64. The Kier molecular flexibility index (Phi) is 6.49. The zero-order valence-corrected chi connectivity index (χ0v) is 19.3. The number of aliphatic carboxylic acids is 1. The van der Waals surface area contributed by atoms with E-state index in [1.165, 1.54) is 36.3 Å². The second-order valence-electron chi connectivity index (χ2n) is 7.54. The highest BCUT2D eigenvalue weighted by molar-refractivity contribution is 7.84. The van der Waals surface area contributed by atoms with E-state index >= 15 is 0 Å². The van der Waals surface area contributed by atoms with Gasteiger partial charge in [-0.3, -0.25) is 18.8 Å². The fourth-order valence-corrected chi connectivity index (χ4v) is 4.24. The van der Waals surface area contributed by atoms with E-state index < -0.39 is 51.5 Å². The molecule has 184 valence electrons. The highest BCUT2D eigenvalue weighted by atomic mass is 32.2. The standard InChI is InChI=1S/C16H20N8O8S2/c1-16(2,14(27)28)32-22-10(8-6-33-15(18)20-8)12(25)21-11-9(5-23-4-7(17)3-19-23)24(13(11)26)34(29,30)31/h3-4,6,9,11H,5,17H2,1-2H3,(H2,18,20)(H,21,25)(H,27,28)(H,29,30,31)/t9-,11-/m0/s1. The van der Waals surface area contributed by atoms with Crippen LogP contribution >= 0.6 is 11.3 Å². The van der Waals surface area contributed by atoms with E-state index in [1.807, 2.05) is 0 Å². The van der Waals surface area contributed by atoms with Crippen LogP contribution < -0.4 is 16.8 Å². The zero-order chi connectivity index (χ0) is 25.4. The molecule has 0 radical (unpaired) electrons. The van der Waals surface area contributed by atoms with E-state index in [-0.39, 0.29) is 27.4 Å². The Balaban J connectivity index is 1.89. The lowest BCUT2D eigenvalue weighted by Crippen LogP contribution is -2.73. The molecular weight excluding hydrogens is 496 g/mol. The largest absolute Gasteiger partial charge is 0.478 e. The summed E-state index contributed by atoms with van der Waals surface area (Å²) in [4.78, 5) is 45.6. The minimum atomic E-state index is -4.94. The number of hydrogen-bond acceptors (Lipinski definition) is 12. The molecule has 7 N–H and O–H groups in total. The first kappa shape index (κ1) is 24.9. The summed E-state index contributed by atoms with van der Waals surface area (Å²) in [6.45, 7) is 2.14. The van der Waals surface area contributed by atoms with Gasteiger partial charge in [-0.1, -0.05) is 5.16 Å². The molecule has 34 heavy (non-hydrogen) atoms. The average Bonchev–Trinajstić information content (AvgIpc) is 3.32. The van der Waals surface area contributed by atoms with E-state index in [2.05, 4.69) is 20.6 Å². The van der Waals surface area contributed by atoms with Gasteiger partial charge in [-0.25, -0.2) is 14.1 Å². The molecule has 1 saturated heterocycles. The number of thiazole rings is 1. The Morgan fingerprint density at radius 3 is 2.56 bits per heavy atom. The van der Waals surface area contributed by atoms with Crippen molar-refractivity contribution < 1.29 is 37.3 Å². The Morgan fingerprint density at radius 1 is 1.38 bits per heavy atom. The normalized spacial score (nSPS) is 19.0. The number of nitrogens with one attached hydrogen (secondary N) is 1. The van der Waals surface area contributed by atoms with Gasteiger partial charge in [-0.2, -0.15) is 13.5 Å². The number of nitrogens with zero attached hydrogens (tertiary/aromatic N) is 5. The molecule has 2 atom stereocenters. The van der Waals surface area contributed by atoms with E-state index in [4.69, 9.17) is 16.3 Å². The zero-order valence-electron chi connectivity index (χ0n) is 17.6. The van der Waals surface area contributed by atoms with Crippen molar-refractivity contribution in [3.05, 3.63) is 23.5 Å². The molecule has 0 spiro atoms. The maximum atomic E-state index is 13.0. The summed E-state index contributed by atoms with van der Waals surface area (Å²) in [7, 11) is -4.94. The van der Waals surface area contributed by atoms with Gasteiger partial charge >= 0.3 is 16.3 Å². The number of nitrogens with two attached hydrogens (primary N) is 2. The Hall–Kier alpha value is -3.77. The number of carbonyl (C=O) groups is 3. The van der Waals surface area contributed by atoms with E-state index in [9.17, 15) is 32.5 Å². The third-order valence-corrected chi connectivity index (χ3v) is 6.21. The lowest BCUT2D eigenvalue weighted by molar-refractivity contribution is -0.161. The SMILES string of the molecule is CC(C)(ON=C(C(=O)N[C@@H]1C(=O)N(S(=O)(=O)O)[C@H]1Cn1cc(N)cn1)c1csc(N)n1)C(=O)O. The van der Waals surface area contributed by atoms with Gasteiger partial charge < -0.3 is 26.7 Å². The molecule has 2 aromatic heterocycles. The maximum Gasteiger partial charge on any atom is 0.362 e.